The van der Waals surface area contributed by atoms with E-state index in [1.807, 2.05) is 0 Å². The van der Waals surface area contributed by atoms with Gasteiger partial charge in [-0.2, -0.15) is 13.2 Å². The second-order valence-corrected chi connectivity index (χ2v) is 6.62. The maximum Gasteiger partial charge on any atom is 0.398 e. The predicted molar refractivity (Wildman–Crippen MR) is 84.3 cm³/mol. The number of carbonyl (C=O) groups is 2. The molecular formula is C15H17F3N2O3S. The zero-order valence-electron chi connectivity index (χ0n) is 12.9. The van der Waals surface area contributed by atoms with Crippen LogP contribution in [0.1, 0.15) is 12.0 Å². The van der Waals surface area contributed by atoms with Crippen molar-refractivity contribution in [3.8, 4) is 0 Å². The number of carbonyl (C=O) groups excluding carboxylic acids is 1. The minimum Gasteiger partial charge on any atom is -0.481 e. The number of halogens is 3. The third-order valence-corrected chi connectivity index (χ3v) is 4.73. The highest BCUT2D eigenvalue weighted by Crippen LogP contribution is 2.33. The highest BCUT2D eigenvalue weighted by molar-refractivity contribution is 7.99. The van der Waals surface area contributed by atoms with Gasteiger partial charge in [0.25, 0.3) is 0 Å². The van der Waals surface area contributed by atoms with Crippen LogP contribution in [0.2, 0.25) is 0 Å². The van der Waals surface area contributed by atoms with E-state index in [1.165, 1.54) is 11.0 Å². The van der Waals surface area contributed by atoms with Gasteiger partial charge in [0, 0.05) is 18.0 Å². The number of anilines is 1. The molecular weight excluding hydrogens is 345 g/mol. The summed E-state index contributed by atoms with van der Waals surface area (Å²) in [6.07, 6.45) is -3.94. The third kappa shape index (κ3) is 5.05. The van der Waals surface area contributed by atoms with Gasteiger partial charge in [-0.1, -0.05) is 6.07 Å². The minimum absolute atomic E-state index is 0.0952. The zero-order chi connectivity index (χ0) is 17.9. The lowest BCUT2D eigenvalue weighted by atomic mass is 10.1. The molecule has 1 aliphatic heterocycles. The number of alkyl halides is 3. The molecule has 0 aliphatic carbocycles. The summed E-state index contributed by atoms with van der Waals surface area (Å²) in [4.78, 5) is 24.9. The van der Waals surface area contributed by atoms with Gasteiger partial charge < -0.3 is 15.3 Å². The SMILES string of the molecule is Cc1ccc(SCC(F)(F)F)c(NC(=O)N2CCC(C(=O)O)C2)c1. The number of hydrogen-bond donors (Lipinski definition) is 2. The van der Waals surface area contributed by atoms with Crippen molar-refractivity contribution in [3.63, 3.8) is 0 Å². The van der Waals surface area contributed by atoms with E-state index in [2.05, 4.69) is 5.32 Å². The summed E-state index contributed by atoms with van der Waals surface area (Å²) in [6.45, 7) is 2.17. The van der Waals surface area contributed by atoms with Crippen LogP contribution in [0.3, 0.4) is 0 Å². The van der Waals surface area contributed by atoms with Gasteiger partial charge >= 0.3 is 18.2 Å². The molecule has 0 aromatic heterocycles. The molecule has 1 aromatic carbocycles. The van der Waals surface area contributed by atoms with Gasteiger partial charge in [-0.15, -0.1) is 11.8 Å². The average molecular weight is 362 g/mol. The summed E-state index contributed by atoms with van der Waals surface area (Å²) in [5, 5.41) is 11.6. The second-order valence-electron chi connectivity index (χ2n) is 5.60. The summed E-state index contributed by atoms with van der Waals surface area (Å²) in [5.41, 5.74) is 1.10. The number of benzene rings is 1. The van der Waals surface area contributed by atoms with Crippen molar-refractivity contribution in [2.24, 2.45) is 5.92 Å². The van der Waals surface area contributed by atoms with Crippen LogP contribution in [-0.4, -0.2) is 47.0 Å². The number of nitrogens with zero attached hydrogens (tertiary/aromatic N) is 1. The van der Waals surface area contributed by atoms with Gasteiger partial charge in [0.05, 0.1) is 17.4 Å². The van der Waals surface area contributed by atoms with Gasteiger partial charge in [-0.25, -0.2) is 4.79 Å². The molecule has 0 saturated carbocycles. The number of amides is 2. The zero-order valence-corrected chi connectivity index (χ0v) is 13.7. The predicted octanol–water partition coefficient (Wildman–Crippen LogP) is 3.59. The molecule has 132 valence electrons. The van der Waals surface area contributed by atoms with Crippen molar-refractivity contribution in [2.75, 3.05) is 24.2 Å². The maximum atomic E-state index is 12.4. The van der Waals surface area contributed by atoms with E-state index < -0.39 is 29.8 Å². The molecule has 1 unspecified atom stereocenters. The molecule has 1 saturated heterocycles. The fourth-order valence-corrected chi connectivity index (χ4v) is 3.12. The fraction of sp³-hybridized carbons (Fsp3) is 0.467. The molecule has 2 rings (SSSR count). The molecule has 0 radical (unpaired) electrons. The summed E-state index contributed by atoms with van der Waals surface area (Å²) in [5.74, 6) is -2.61. The normalized spacial score (nSPS) is 17.8. The number of urea groups is 1. The summed E-state index contributed by atoms with van der Waals surface area (Å²) in [7, 11) is 0. The molecule has 2 amide bonds. The van der Waals surface area contributed by atoms with E-state index in [9.17, 15) is 22.8 Å². The van der Waals surface area contributed by atoms with E-state index >= 15 is 0 Å². The largest absolute Gasteiger partial charge is 0.481 e. The molecule has 5 nitrogen and oxygen atoms in total. The van der Waals surface area contributed by atoms with Gasteiger partial charge in [-0.05, 0) is 31.0 Å². The smallest absolute Gasteiger partial charge is 0.398 e. The van der Waals surface area contributed by atoms with Crippen LogP contribution in [0.4, 0.5) is 23.7 Å². The first-order valence-corrected chi connectivity index (χ1v) is 8.23. The number of hydrogen-bond acceptors (Lipinski definition) is 3. The molecule has 0 spiro atoms. The Balaban J connectivity index is 2.06. The Kier molecular flexibility index (Phi) is 5.63. The first kappa shape index (κ1) is 18.4. The highest BCUT2D eigenvalue weighted by atomic mass is 32.2. The number of carboxylic acid groups (broad SMARTS) is 1. The molecule has 1 atom stereocenters. The van der Waals surface area contributed by atoms with Crippen LogP contribution in [0.15, 0.2) is 23.1 Å². The van der Waals surface area contributed by atoms with Crippen molar-refractivity contribution in [1.29, 1.82) is 0 Å². The number of aryl methyl sites for hydroxylation is 1. The van der Waals surface area contributed by atoms with Gasteiger partial charge in [0.1, 0.15) is 0 Å². The van der Waals surface area contributed by atoms with Crippen LogP contribution in [0.5, 0.6) is 0 Å². The molecule has 1 aromatic rings. The van der Waals surface area contributed by atoms with Crippen LogP contribution in [0.25, 0.3) is 0 Å². The average Bonchev–Trinajstić information content (AvgIpc) is 2.95. The lowest BCUT2D eigenvalue weighted by molar-refractivity contribution is -0.141. The van der Waals surface area contributed by atoms with Crippen LogP contribution in [0, 0.1) is 12.8 Å². The van der Waals surface area contributed by atoms with Crippen molar-refractivity contribution in [1.82, 2.24) is 4.90 Å². The maximum absolute atomic E-state index is 12.4. The minimum atomic E-state index is -4.31. The number of nitrogens with one attached hydrogen (secondary N) is 1. The van der Waals surface area contributed by atoms with Crippen LogP contribution in [-0.2, 0) is 4.79 Å². The summed E-state index contributed by atoms with van der Waals surface area (Å²) in [6, 6.07) is 4.30. The van der Waals surface area contributed by atoms with Gasteiger partial charge in [-0.3, -0.25) is 4.79 Å². The van der Waals surface area contributed by atoms with E-state index in [4.69, 9.17) is 5.11 Å². The number of aliphatic carboxylic acids is 1. The van der Waals surface area contributed by atoms with E-state index in [0.29, 0.717) is 35.3 Å². The molecule has 24 heavy (non-hydrogen) atoms. The van der Waals surface area contributed by atoms with Gasteiger partial charge in [0.15, 0.2) is 0 Å². The van der Waals surface area contributed by atoms with Crippen LogP contribution < -0.4 is 5.32 Å². The Hall–Kier alpha value is -1.90. The number of likely N-dealkylation sites (tertiary alicyclic amines) is 1. The number of carboxylic acids is 1. The molecule has 1 aliphatic rings. The first-order valence-electron chi connectivity index (χ1n) is 7.24. The Bertz CT molecular complexity index is 637. The molecule has 1 heterocycles. The number of thioether (sulfide) groups is 1. The number of rotatable bonds is 4. The Labute approximate surface area is 141 Å². The molecule has 9 heteroatoms. The second kappa shape index (κ2) is 7.33. The lowest BCUT2D eigenvalue weighted by Crippen LogP contribution is -2.34. The van der Waals surface area contributed by atoms with Crippen molar-refractivity contribution in [2.45, 2.75) is 24.4 Å². The molecule has 0 bridgehead atoms. The Morgan fingerprint density at radius 3 is 2.71 bits per heavy atom. The lowest BCUT2D eigenvalue weighted by Gasteiger charge is -2.19. The Morgan fingerprint density at radius 1 is 1.42 bits per heavy atom. The third-order valence-electron chi connectivity index (χ3n) is 3.59. The molecule has 1 fully saturated rings. The Morgan fingerprint density at radius 2 is 2.12 bits per heavy atom. The monoisotopic (exact) mass is 362 g/mol. The summed E-state index contributed by atoms with van der Waals surface area (Å²) < 4.78 is 37.2. The summed E-state index contributed by atoms with van der Waals surface area (Å²) >= 11 is 0.600. The van der Waals surface area contributed by atoms with E-state index in [0.717, 1.165) is 5.56 Å². The van der Waals surface area contributed by atoms with E-state index in [1.54, 1.807) is 19.1 Å². The van der Waals surface area contributed by atoms with Crippen molar-refractivity contribution < 1.29 is 27.9 Å². The fourth-order valence-electron chi connectivity index (χ4n) is 2.37. The van der Waals surface area contributed by atoms with Crippen LogP contribution >= 0.6 is 11.8 Å². The topological polar surface area (TPSA) is 69.6 Å². The van der Waals surface area contributed by atoms with Gasteiger partial charge in [0.2, 0.25) is 0 Å². The molecule has 2 N–H and O–H groups in total. The highest BCUT2D eigenvalue weighted by Gasteiger charge is 2.31. The van der Waals surface area contributed by atoms with Crippen molar-refractivity contribution in [3.05, 3.63) is 23.8 Å². The quantitative estimate of drug-likeness (QED) is 0.803. The standard InChI is InChI=1S/C15H17F3N2O3S/c1-9-2-3-12(24-8-15(16,17)18)11(6-9)19-14(23)20-5-4-10(7-20)13(21)22/h2-3,6,10H,4-5,7-8H2,1H3,(H,19,23)(H,21,22). The van der Waals surface area contributed by atoms with E-state index in [-0.39, 0.29) is 6.54 Å². The van der Waals surface area contributed by atoms with Crippen molar-refractivity contribution >= 4 is 29.4 Å². The first-order chi connectivity index (χ1) is 11.2.